The largest absolute Gasteiger partial charge is 0.493 e. The van der Waals surface area contributed by atoms with Crippen LogP contribution < -0.4 is 10.1 Å². The van der Waals surface area contributed by atoms with Crippen LogP contribution >= 0.6 is 0 Å². The zero-order chi connectivity index (χ0) is 16.1. The van der Waals surface area contributed by atoms with Gasteiger partial charge in [-0.15, -0.1) is 0 Å². The van der Waals surface area contributed by atoms with Crippen LogP contribution in [0.1, 0.15) is 23.1 Å². The molecule has 2 rings (SSSR count). The normalized spacial score (nSPS) is 10.4. The minimum Gasteiger partial charge on any atom is -0.493 e. The van der Waals surface area contributed by atoms with Crippen LogP contribution in [-0.2, 0) is 4.79 Å². The first kappa shape index (κ1) is 16.0. The van der Waals surface area contributed by atoms with Crippen molar-refractivity contribution in [3.05, 3.63) is 58.9 Å². The Labute approximate surface area is 130 Å². The molecular formula is C18H20FNO2. The maximum absolute atomic E-state index is 13.6. The summed E-state index contributed by atoms with van der Waals surface area (Å²) in [4.78, 5) is 11.8. The second kappa shape index (κ2) is 7.07. The quantitative estimate of drug-likeness (QED) is 0.900. The highest BCUT2D eigenvalue weighted by Crippen LogP contribution is 2.17. The van der Waals surface area contributed by atoms with Crippen molar-refractivity contribution in [2.45, 2.75) is 27.2 Å². The van der Waals surface area contributed by atoms with Gasteiger partial charge in [0, 0.05) is 0 Å². The van der Waals surface area contributed by atoms with E-state index in [9.17, 15) is 9.18 Å². The van der Waals surface area contributed by atoms with E-state index in [0.717, 1.165) is 22.4 Å². The van der Waals surface area contributed by atoms with Gasteiger partial charge in [-0.3, -0.25) is 4.79 Å². The molecule has 0 atom stereocenters. The van der Waals surface area contributed by atoms with Crippen molar-refractivity contribution in [2.75, 3.05) is 11.9 Å². The van der Waals surface area contributed by atoms with E-state index >= 15 is 0 Å². The third-order valence-electron chi connectivity index (χ3n) is 3.19. The number of hydrogen-bond acceptors (Lipinski definition) is 2. The van der Waals surface area contributed by atoms with Gasteiger partial charge in [0.1, 0.15) is 11.6 Å². The molecule has 0 aliphatic carbocycles. The Bertz CT molecular complexity index is 663. The van der Waals surface area contributed by atoms with Crippen LogP contribution in [0.25, 0.3) is 0 Å². The average Bonchev–Trinajstić information content (AvgIpc) is 2.42. The molecule has 2 aromatic carbocycles. The van der Waals surface area contributed by atoms with E-state index in [1.54, 1.807) is 12.1 Å². The first-order chi connectivity index (χ1) is 10.4. The monoisotopic (exact) mass is 301 g/mol. The molecule has 0 saturated heterocycles. The average molecular weight is 301 g/mol. The summed E-state index contributed by atoms with van der Waals surface area (Å²) in [5.41, 5.74) is 3.32. The fourth-order valence-corrected chi connectivity index (χ4v) is 2.23. The first-order valence-electron chi connectivity index (χ1n) is 7.21. The van der Waals surface area contributed by atoms with Crippen LogP contribution in [0.15, 0.2) is 36.4 Å². The van der Waals surface area contributed by atoms with Gasteiger partial charge in [-0.2, -0.15) is 0 Å². The third kappa shape index (κ3) is 4.58. The Kier molecular flexibility index (Phi) is 5.15. The highest BCUT2D eigenvalue weighted by Gasteiger charge is 2.07. The first-order valence-corrected chi connectivity index (χ1v) is 7.21. The van der Waals surface area contributed by atoms with E-state index in [4.69, 9.17) is 4.74 Å². The minimum atomic E-state index is -0.436. The lowest BCUT2D eigenvalue weighted by Crippen LogP contribution is -2.16. The molecule has 0 aliphatic heterocycles. The second-order valence-electron chi connectivity index (χ2n) is 5.45. The number of carbonyl (C=O) groups excluding carboxylic acids is 1. The van der Waals surface area contributed by atoms with Gasteiger partial charge in [-0.25, -0.2) is 4.39 Å². The molecule has 0 fully saturated rings. The number of nitrogens with one attached hydrogen (secondary N) is 1. The van der Waals surface area contributed by atoms with Gasteiger partial charge in [0.15, 0.2) is 0 Å². The zero-order valence-electron chi connectivity index (χ0n) is 13.1. The number of hydrogen-bond donors (Lipinski definition) is 1. The maximum atomic E-state index is 13.6. The number of amides is 1. The highest BCUT2D eigenvalue weighted by atomic mass is 19.1. The Morgan fingerprint density at radius 3 is 2.41 bits per heavy atom. The smallest absolute Gasteiger partial charge is 0.227 e. The van der Waals surface area contributed by atoms with Crippen LogP contribution in [0.2, 0.25) is 0 Å². The third-order valence-corrected chi connectivity index (χ3v) is 3.19. The summed E-state index contributed by atoms with van der Waals surface area (Å²) < 4.78 is 19.1. The molecule has 3 nitrogen and oxygen atoms in total. The molecule has 0 aromatic heterocycles. The van der Waals surface area contributed by atoms with E-state index in [0.29, 0.717) is 0 Å². The molecule has 4 heteroatoms. The Morgan fingerprint density at radius 2 is 1.73 bits per heavy atom. The van der Waals surface area contributed by atoms with Crippen molar-refractivity contribution in [1.82, 2.24) is 0 Å². The lowest BCUT2D eigenvalue weighted by molar-refractivity contribution is -0.116. The predicted molar refractivity (Wildman–Crippen MR) is 85.8 cm³/mol. The standard InChI is InChI=1S/C18H20FNO2/c1-12-4-5-16(19)17(11-12)20-18(21)6-7-22-15-9-13(2)8-14(3)10-15/h4-5,8-11H,6-7H2,1-3H3,(H,20,21). The van der Waals surface area contributed by atoms with Gasteiger partial charge in [-0.05, 0) is 61.7 Å². The van der Waals surface area contributed by atoms with Crippen LogP contribution in [-0.4, -0.2) is 12.5 Å². The summed E-state index contributed by atoms with van der Waals surface area (Å²) in [5.74, 6) is 0.0371. The van der Waals surface area contributed by atoms with Crippen LogP contribution in [0.3, 0.4) is 0 Å². The molecule has 0 saturated carbocycles. The Hall–Kier alpha value is -2.36. The van der Waals surface area contributed by atoms with Crippen LogP contribution in [0, 0.1) is 26.6 Å². The van der Waals surface area contributed by atoms with Crippen molar-refractivity contribution in [3.63, 3.8) is 0 Å². The number of carbonyl (C=O) groups is 1. The summed E-state index contributed by atoms with van der Waals surface area (Å²) in [6, 6.07) is 10.5. The topological polar surface area (TPSA) is 38.3 Å². The second-order valence-corrected chi connectivity index (χ2v) is 5.45. The van der Waals surface area contributed by atoms with Gasteiger partial charge in [0.05, 0.1) is 18.7 Å². The minimum absolute atomic E-state index is 0.167. The zero-order valence-corrected chi connectivity index (χ0v) is 13.1. The number of anilines is 1. The summed E-state index contributed by atoms with van der Waals surface area (Å²) in [5, 5.41) is 2.57. The van der Waals surface area contributed by atoms with E-state index in [2.05, 4.69) is 11.4 Å². The summed E-state index contributed by atoms with van der Waals surface area (Å²) in [7, 11) is 0. The van der Waals surface area contributed by atoms with Gasteiger partial charge < -0.3 is 10.1 Å². The molecule has 0 unspecified atom stereocenters. The molecule has 22 heavy (non-hydrogen) atoms. The SMILES string of the molecule is Cc1cc(C)cc(OCCC(=O)Nc2cc(C)ccc2F)c1. The van der Waals surface area contributed by atoms with Crippen molar-refractivity contribution in [3.8, 4) is 5.75 Å². The molecular weight excluding hydrogens is 281 g/mol. The van der Waals surface area contributed by atoms with Crippen LogP contribution in [0.5, 0.6) is 5.75 Å². The van der Waals surface area contributed by atoms with Crippen molar-refractivity contribution >= 4 is 11.6 Å². The number of ether oxygens (including phenoxy) is 1. The number of benzene rings is 2. The summed E-state index contributed by atoms with van der Waals surface area (Å²) in [6.45, 7) is 6.08. The lowest BCUT2D eigenvalue weighted by atomic mass is 10.1. The molecule has 0 radical (unpaired) electrons. The van der Waals surface area contributed by atoms with Gasteiger partial charge >= 0.3 is 0 Å². The Morgan fingerprint density at radius 1 is 1.05 bits per heavy atom. The maximum Gasteiger partial charge on any atom is 0.227 e. The van der Waals surface area contributed by atoms with Crippen molar-refractivity contribution in [1.29, 1.82) is 0 Å². The Balaban J connectivity index is 1.86. The van der Waals surface area contributed by atoms with Gasteiger partial charge in [0.25, 0.3) is 0 Å². The summed E-state index contributed by atoms with van der Waals surface area (Å²) >= 11 is 0. The van der Waals surface area contributed by atoms with Crippen molar-refractivity contribution < 1.29 is 13.9 Å². The molecule has 1 N–H and O–H groups in total. The van der Waals surface area contributed by atoms with Gasteiger partial charge in [-0.1, -0.05) is 12.1 Å². The molecule has 0 aliphatic rings. The highest BCUT2D eigenvalue weighted by molar-refractivity contribution is 5.91. The number of rotatable bonds is 5. The fourth-order valence-electron chi connectivity index (χ4n) is 2.23. The molecule has 0 heterocycles. The predicted octanol–water partition coefficient (Wildman–Crippen LogP) is 4.16. The molecule has 2 aromatic rings. The van der Waals surface area contributed by atoms with Crippen LogP contribution in [0.4, 0.5) is 10.1 Å². The molecule has 0 bridgehead atoms. The molecule has 1 amide bonds. The fraction of sp³-hybridized carbons (Fsp3) is 0.278. The van der Waals surface area contributed by atoms with E-state index in [1.807, 2.05) is 32.9 Å². The number of halogens is 1. The van der Waals surface area contributed by atoms with E-state index in [1.165, 1.54) is 6.07 Å². The molecule has 116 valence electrons. The lowest BCUT2D eigenvalue weighted by Gasteiger charge is -2.09. The van der Waals surface area contributed by atoms with Crippen molar-refractivity contribution in [2.24, 2.45) is 0 Å². The van der Waals surface area contributed by atoms with E-state index in [-0.39, 0.29) is 24.6 Å². The summed E-state index contributed by atoms with van der Waals surface area (Å²) in [6.07, 6.45) is 0.167. The van der Waals surface area contributed by atoms with Gasteiger partial charge in [0.2, 0.25) is 5.91 Å². The number of aryl methyl sites for hydroxylation is 3. The van der Waals surface area contributed by atoms with E-state index < -0.39 is 5.82 Å². The molecule has 0 spiro atoms.